The van der Waals surface area contributed by atoms with Gasteiger partial charge in [0.1, 0.15) is 0 Å². The van der Waals surface area contributed by atoms with Crippen molar-refractivity contribution < 1.29 is 26.7 Å². The number of rotatable bonds is 4. The molecule has 0 bridgehead atoms. The van der Waals surface area contributed by atoms with Crippen molar-refractivity contribution in [1.29, 1.82) is 0 Å². The fraction of sp³-hybridized carbons (Fsp3) is 1.00. The van der Waals surface area contributed by atoms with Gasteiger partial charge in [0.2, 0.25) is 0 Å². The van der Waals surface area contributed by atoms with Crippen molar-refractivity contribution in [2.45, 2.75) is 39.5 Å². The molecule has 0 aromatic rings. The van der Waals surface area contributed by atoms with E-state index in [0.29, 0.717) is 0 Å². The van der Waals surface area contributed by atoms with E-state index >= 15 is 0 Å². The molecule has 0 rings (SSSR count). The first-order valence-corrected chi connectivity index (χ1v) is 3.99. The first-order valence-electron chi connectivity index (χ1n) is 3.99. The van der Waals surface area contributed by atoms with Crippen LogP contribution in [0.1, 0.15) is 39.5 Å². The van der Waals surface area contributed by atoms with Crippen LogP contribution in [0.5, 0.6) is 0 Å². The molecule has 72 valence electrons. The van der Waals surface area contributed by atoms with E-state index in [9.17, 15) is 10.2 Å². The van der Waals surface area contributed by atoms with Gasteiger partial charge in [-0.1, -0.05) is 39.5 Å². The van der Waals surface area contributed by atoms with Crippen molar-refractivity contribution in [1.82, 2.24) is 0 Å². The van der Waals surface area contributed by atoms with Crippen molar-refractivity contribution in [2.75, 3.05) is 13.2 Å². The molecule has 0 aromatic carbocycles. The van der Waals surface area contributed by atoms with Gasteiger partial charge in [-0.2, -0.15) is 0 Å². The van der Waals surface area contributed by atoms with Gasteiger partial charge in [0.15, 0.2) is 0 Å². The van der Waals surface area contributed by atoms with Crippen LogP contribution in [0, 0.1) is 0 Å². The van der Waals surface area contributed by atoms with E-state index < -0.39 is 0 Å². The van der Waals surface area contributed by atoms with Gasteiger partial charge < -0.3 is 10.2 Å². The van der Waals surface area contributed by atoms with E-state index in [1.807, 2.05) is 13.8 Å². The quantitative estimate of drug-likeness (QED) is 0.619. The largest absolute Gasteiger partial charge is 2.00 e. The van der Waals surface area contributed by atoms with E-state index in [-0.39, 0.29) is 29.7 Å². The maximum atomic E-state index is 9.53. The molecule has 0 aromatic heterocycles. The van der Waals surface area contributed by atoms with Crippen LogP contribution in [-0.4, -0.2) is 13.2 Å². The number of unbranched alkanes of at least 4 members (excludes halogenated alkanes) is 2. The molecule has 0 heterocycles. The first kappa shape index (κ1) is 17.5. The van der Waals surface area contributed by atoms with E-state index in [1.165, 1.54) is 0 Å². The molecule has 2 nitrogen and oxygen atoms in total. The first-order chi connectivity index (χ1) is 4.83. The fourth-order valence-electron chi connectivity index (χ4n) is 0.289. The van der Waals surface area contributed by atoms with Gasteiger partial charge in [-0.05, 0) is 0 Å². The second kappa shape index (κ2) is 22.4. The average molecular weight is 205 g/mol. The molecular formula is C8H18NiO2. The molecule has 0 saturated heterocycles. The molecule has 0 aliphatic carbocycles. The summed E-state index contributed by atoms with van der Waals surface area (Å²) in [6, 6.07) is 0. The topological polar surface area (TPSA) is 46.1 Å². The Morgan fingerprint density at radius 2 is 1.09 bits per heavy atom. The molecule has 0 radical (unpaired) electrons. The van der Waals surface area contributed by atoms with Crippen LogP contribution in [0.25, 0.3) is 0 Å². The summed E-state index contributed by atoms with van der Waals surface area (Å²) in [6.07, 6.45) is 3.73. The number of hydrogen-bond acceptors (Lipinski definition) is 2. The van der Waals surface area contributed by atoms with Crippen molar-refractivity contribution in [3.05, 3.63) is 0 Å². The van der Waals surface area contributed by atoms with Crippen molar-refractivity contribution >= 4 is 0 Å². The average Bonchev–Trinajstić information content (AvgIpc) is 1.93. The Kier molecular flexibility index (Phi) is 35.7. The SMILES string of the molecule is CCCC[O-].CCCC[O-].[Ni+2]. The summed E-state index contributed by atoms with van der Waals surface area (Å²) in [4.78, 5) is 0. The Hall–Kier alpha value is 0.414. The van der Waals surface area contributed by atoms with Crippen molar-refractivity contribution in [3.63, 3.8) is 0 Å². The normalized spacial score (nSPS) is 7.64. The van der Waals surface area contributed by atoms with Crippen LogP contribution in [-0.2, 0) is 16.5 Å². The third-order valence-corrected chi connectivity index (χ3v) is 0.996. The molecular weight excluding hydrogens is 187 g/mol. The van der Waals surface area contributed by atoms with Crippen LogP contribution in [0.2, 0.25) is 0 Å². The molecule has 0 saturated carbocycles. The van der Waals surface area contributed by atoms with Gasteiger partial charge in [-0.25, -0.2) is 0 Å². The van der Waals surface area contributed by atoms with Crippen LogP contribution in [0.15, 0.2) is 0 Å². The summed E-state index contributed by atoms with van der Waals surface area (Å²) in [6.45, 7) is 4.21. The molecule has 0 amide bonds. The zero-order valence-electron chi connectivity index (χ0n) is 7.38. The molecule has 0 aliphatic heterocycles. The van der Waals surface area contributed by atoms with Gasteiger partial charge in [0.25, 0.3) is 0 Å². The fourth-order valence-corrected chi connectivity index (χ4v) is 0.289. The maximum absolute atomic E-state index is 9.53. The third kappa shape index (κ3) is 37.8. The summed E-state index contributed by atoms with van der Waals surface area (Å²) in [5, 5.41) is 19.1. The van der Waals surface area contributed by atoms with Crippen LogP contribution < -0.4 is 10.2 Å². The van der Waals surface area contributed by atoms with Crippen molar-refractivity contribution in [2.24, 2.45) is 0 Å². The smallest absolute Gasteiger partial charge is 0.854 e. The standard InChI is InChI=1S/2C4H9O.Ni/c2*1-2-3-4-5;/h2*2-4H2,1H3;/q2*-1;+2. The Morgan fingerprint density at radius 1 is 0.818 bits per heavy atom. The summed E-state index contributed by atoms with van der Waals surface area (Å²) in [7, 11) is 0. The predicted octanol–water partition coefficient (Wildman–Crippen LogP) is 0.291. The third-order valence-electron chi connectivity index (χ3n) is 0.996. The van der Waals surface area contributed by atoms with E-state index in [0.717, 1.165) is 25.7 Å². The molecule has 0 spiro atoms. The number of hydrogen-bond donors (Lipinski definition) is 0. The van der Waals surface area contributed by atoms with Gasteiger partial charge >= 0.3 is 16.5 Å². The second-order valence-electron chi connectivity index (χ2n) is 2.12. The Balaban J connectivity index is -0.000000107. The Bertz CT molecular complexity index is 33.1. The second-order valence-corrected chi connectivity index (χ2v) is 2.12. The zero-order chi connectivity index (χ0) is 8.24. The Labute approximate surface area is 79.9 Å². The maximum Gasteiger partial charge on any atom is 2.00 e. The molecule has 0 unspecified atom stereocenters. The minimum absolute atomic E-state index is 0. The Morgan fingerprint density at radius 3 is 1.09 bits per heavy atom. The summed E-state index contributed by atoms with van der Waals surface area (Å²) >= 11 is 0. The predicted molar refractivity (Wildman–Crippen MR) is 39.6 cm³/mol. The molecule has 0 aliphatic rings. The van der Waals surface area contributed by atoms with Gasteiger partial charge in [0.05, 0.1) is 0 Å². The minimum atomic E-state index is 0. The summed E-state index contributed by atoms with van der Waals surface area (Å²) < 4.78 is 0. The summed E-state index contributed by atoms with van der Waals surface area (Å²) in [5.41, 5.74) is 0. The molecule has 11 heavy (non-hydrogen) atoms. The van der Waals surface area contributed by atoms with Gasteiger partial charge in [0, 0.05) is 0 Å². The van der Waals surface area contributed by atoms with Crippen molar-refractivity contribution in [3.8, 4) is 0 Å². The van der Waals surface area contributed by atoms with Crippen LogP contribution >= 0.6 is 0 Å². The van der Waals surface area contributed by atoms with E-state index in [1.54, 1.807) is 0 Å². The summed E-state index contributed by atoms with van der Waals surface area (Å²) in [5.74, 6) is 0. The van der Waals surface area contributed by atoms with Gasteiger partial charge in [-0.15, -0.1) is 13.2 Å². The van der Waals surface area contributed by atoms with Crippen LogP contribution in [0.3, 0.4) is 0 Å². The van der Waals surface area contributed by atoms with E-state index in [4.69, 9.17) is 0 Å². The molecule has 0 fully saturated rings. The molecule has 3 heteroatoms. The zero-order valence-corrected chi connectivity index (χ0v) is 8.36. The monoisotopic (exact) mass is 204 g/mol. The van der Waals surface area contributed by atoms with Crippen LogP contribution in [0.4, 0.5) is 0 Å². The van der Waals surface area contributed by atoms with Gasteiger partial charge in [-0.3, -0.25) is 0 Å². The minimum Gasteiger partial charge on any atom is -0.854 e. The van der Waals surface area contributed by atoms with E-state index in [2.05, 4.69) is 0 Å². The molecule has 0 N–H and O–H groups in total. The molecule has 0 atom stereocenters.